The van der Waals surface area contributed by atoms with Crippen LogP contribution in [0.5, 0.6) is 5.75 Å². The third-order valence-corrected chi connectivity index (χ3v) is 5.26. The van der Waals surface area contributed by atoms with Gasteiger partial charge in [-0.2, -0.15) is 0 Å². The van der Waals surface area contributed by atoms with Crippen molar-refractivity contribution in [2.75, 3.05) is 44.7 Å². The highest BCUT2D eigenvalue weighted by atomic mass is 16.5. The van der Waals surface area contributed by atoms with E-state index in [-0.39, 0.29) is 36.0 Å². The summed E-state index contributed by atoms with van der Waals surface area (Å²) < 4.78 is 5.15. The molecule has 7 nitrogen and oxygen atoms in total. The molecule has 3 amide bonds. The Bertz CT molecular complexity index is 708. The highest BCUT2D eigenvalue weighted by Crippen LogP contribution is 2.28. The molecule has 3 rings (SSSR count). The summed E-state index contributed by atoms with van der Waals surface area (Å²) in [5, 5.41) is 0. The minimum atomic E-state index is -0.327. The van der Waals surface area contributed by atoms with Crippen LogP contribution in [0.25, 0.3) is 0 Å². The number of carbonyl (C=O) groups is 3. The molecule has 2 aliphatic rings. The van der Waals surface area contributed by atoms with Gasteiger partial charge >= 0.3 is 0 Å². The Balaban J connectivity index is 1.58. The van der Waals surface area contributed by atoms with Gasteiger partial charge in [-0.3, -0.25) is 14.4 Å². The fourth-order valence-electron chi connectivity index (χ4n) is 3.66. The van der Waals surface area contributed by atoms with E-state index in [9.17, 15) is 14.4 Å². The maximum Gasteiger partial charge on any atom is 0.228 e. The zero-order valence-corrected chi connectivity index (χ0v) is 16.2. The van der Waals surface area contributed by atoms with Crippen molar-refractivity contribution in [1.29, 1.82) is 0 Å². The first-order chi connectivity index (χ1) is 12.9. The van der Waals surface area contributed by atoms with E-state index in [1.165, 1.54) is 0 Å². The standard InChI is InChI=1S/C20H27N3O4/c1-14(2)19(25)21-8-10-22(11-9-21)20(26)15-12-18(24)23(13-15)16-4-6-17(27-3)7-5-16/h4-7,14-15H,8-13H2,1-3H3/t15-/m1/s1. The molecule has 1 aromatic carbocycles. The maximum atomic E-state index is 12.9. The van der Waals surface area contributed by atoms with Gasteiger partial charge in [0.25, 0.3) is 0 Å². The molecule has 0 saturated carbocycles. The van der Waals surface area contributed by atoms with Gasteiger partial charge in [0.2, 0.25) is 17.7 Å². The summed E-state index contributed by atoms with van der Waals surface area (Å²) in [6, 6.07) is 7.28. The van der Waals surface area contributed by atoms with Crippen molar-refractivity contribution in [1.82, 2.24) is 9.80 Å². The SMILES string of the molecule is COc1ccc(N2C[C@H](C(=O)N3CCN(C(=O)C(C)C)CC3)CC2=O)cc1. The van der Waals surface area contributed by atoms with Crippen LogP contribution in [0.1, 0.15) is 20.3 Å². The van der Waals surface area contributed by atoms with Gasteiger partial charge in [0.1, 0.15) is 5.75 Å². The lowest BCUT2D eigenvalue weighted by Gasteiger charge is -2.36. The second-order valence-corrected chi connectivity index (χ2v) is 7.41. The average Bonchev–Trinajstić information content (AvgIpc) is 3.08. The first kappa shape index (κ1) is 19.2. The summed E-state index contributed by atoms with van der Waals surface area (Å²) in [7, 11) is 1.60. The van der Waals surface area contributed by atoms with E-state index in [0.29, 0.717) is 32.7 Å². The van der Waals surface area contributed by atoms with Crippen LogP contribution in [0, 0.1) is 11.8 Å². The lowest BCUT2D eigenvalue weighted by Crippen LogP contribution is -2.53. The molecule has 146 valence electrons. The van der Waals surface area contributed by atoms with Crippen molar-refractivity contribution in [3.63, 3.8) is 0 Å². The Morgan fingerprint density at radius 3 is 2.19 bits per heavy atom. The summed E-state index contributed by atoms with van der Waals surface area (Å²) in [5.74, 6) is 0.475. The highest BCUT2D eigenvalue weighted by Gasteiger charge is 2.38. The third-order valence-electron chi connectivity index (χ3n) is 5.26. The minimum absolute atomic E-state index is 0.0102. The number of benzene rings is 1. The normalized spacial score (nSPS) is 20.4. The molecule has 0 unspecified atom stereocenters. The summed E-state index contributed by atoms with van der Waals surface area (Å²) in [6.45, 7) is 6.36. The Hall–Kier alpha value is -2.57. The second-order valence-electron chi connectivity index (χ2n) is 7.41. The Kier molecular flexibility index (Phi) is 5.68. The lowest BCUT2D eigenvalue weighted by molar-refractivity contribution is -0.143. The van der Waals surface area contributed by atoms with E-state index >= 15 is 0 Å². The monoisotopic (exact) mass is 373 g/mol. The van der Waals surface area contributed by atoms with Gasteiger partial charge in [0.15, 0.2) is 0 Å². The minimum Gasteiger partial charge on any atom is -0.497 e. The molecule has 1 aromatic rings. The predicted molar refractivity (Wildman–Crippen MR) is 101 cm³/mol. The largest absolute Gasteiger partial charge is 0.497 e. The summed E-state index contributed by atoms with van der Waals surface area (Å²) in [6.07, 6.45) is 0.232. The summed E-state index contributed by atoms with van der Waals surface area (Å²) in [5.41, 5.74) is 0.781. The number of amides is 3. The van der Waals surface area contributed by atoms with Crippen molar-refractivity contribution in [2.24, 2.45) is 11.8 Å². The number of carbonyl (C=O) groups excluding carboxylic acids is 3. The second kappa shape index (κ2) is 7.98. The molecule has 2 fully saturated rings. The van der Waals surface area contributed by atoms with E-state index in [1.54, 1.807) is 16.9 Å². The first-order valence-corrected chi connectivity index (χ1v) is 9.42. The van der Waals surface area contributed by atoms with E-state index in [2.05, 4.69) is 0 Å². The first-order valence-electron chi connectivity index (χ1n) is 9.42. The molecule has 7 heteroatoms. The van der Waals surface area contributed by atoms with Crippen molar-refractivity contribution in [3.8, 4) is 5.75 Å². The molecular weight excluding hydrogens is 346 g/mol. The molecule has 2 aliphatic heterocycles. The van der Waals surface area contributed by atoms with Crippen molar-refractivity contribution in [3.05, 3.63) is 24.3 Å². The van der Waals surface area contributed by atoms with Crippen LogP contribution in [0.2, 0.25) is 0 Å². The Labute approximate surface area is 159 Å². The third kappa shape index (κ3) is 4.07. The van der Waals surface area contributed by atoms with Crippen molar-refractivity contribution < 1.29 is 19.1 Å². The Morgan fingerprint density at radius 1 is 1.04 bits per heavy atom. The van der Waals surface area contributed by atoms with E-state index in [4.69, 9.17) is 4.74 Å². The van der Waals surface area contributed by atoms with Gasteiger partial charge in [0, 0.05) is 50.7 Å². The zero-order chi connectivity index (χ0) is 19.6. The fourth-order valence-corrected chi connectivity index (χ4v) is 3.66. The number of ether oxygens (including phenoxy) is 1. The van der Waals surface area contributed by atoms with E-state index in [0.717, 1.165) is 11.4 Å². The van der Waals surface area contributed by atoms with Crippen molar-refractivity contribution in [2.45, 2.75) is 20.3 Å². The molecule has 2 saturated heterocycles. The predicted octanol–water partition coefficient (Wildman–Crippen LogP) is 1.37. The highest BCUT2D eigenvalue weighted by molar-refractivity contribution is 6.00. The number of methoxy groups -OCH3 is 1. The van der Waals surface area contributed by atoms with Crippen molar-refractivity contribution >= 4 is 23.4 Å². The summed E-state index contributed by atoms with van der Waals surface area (Å²) in [4.78, 5) is 42.6. The van der Waals surface area contributed by atoms with Crippen LogP contribution in [0.4, 0.5) is 5.69 Å². The quantitative estimate of drug-likeness (QED) is 0.799. The molecule has 0 N–H and O–H groups in total. The average molecular weight is 373 g/mol. The molecule has 0 aliphatic carbocycles. The molecule has 0 bridgehead atoms. The van der Waals surface area contributed by atoms with Crippen LogP contribution < -0.4 is 9.64 Å². The van der Waals surface area contributed by atoms with Gasteiger partial charge in [-0.1, -0.05) is 13.8 Å². The Morgan fingerprint density at radius 2 is 1.63 bits per heavy atom. The van der Waals surface area contributed by atoms with Gasteiger partial charge in [-0.05, 0) is 24.3 Å². The number of rotatable bonds is 4. The van der Waals surface area contributed by atoms with E-state index in [1.807, 2.05) is 43.0 Å². The topological polar surface area (TPSA) is 70.2 Å². The fraction of sp³-hybridized carbons (Fsp3) is 0.550. The zero-order valence-electron chi connectivity index (χ0n) is 16.2. The molecule has 0 spiro atoms. The molecular formula is C20H27N3O4. The molecule has 0 radical (unpaired) electrons. The number of piperazine rings is 1. The number of hydrogen-bond donors (Lipinski definition) is 0. The van der Waals surface area contributed by atoms with Crippen LogP contribution in [-0.2, 0) is 14.4 Å². The maximum absolute atomic E-state index is 12.9. The smallest absolute Gasteiger partial charge is 0.228 e. The molecule has 27 heavy (non-hydrogen) atoms. The molecule has 0 aromatic heterocycles. The number of hydrogen-bond acceptors (Lipinski definition) is 4. The van der Waals surface area contributed by atoms with Crippen LogP contribution in [0.3, 0.4) is 0 Å². The van der Waals surface area contributed by atoms with Gasteiger partial charge in [-0.25, -0.2) is 0 Å². The molecule has 1 atom stereocenters. The van der Waals surface area contributed by atoms with Crippen LogP contribution in [0.15, 0.2) is 24.3 Å². The van der Waals surface area contributed by atoms with Gasteiger partial charge in [-0.15, -0.1) is 0 Å². The molecule has 2 heterocycles. The number of anilines is 1. The number of nitrogens with zero attached hydrogens (tertiary/aromatic N) is 3. The van der Waals surface area contributed by atoms with Crippen LogP contribution in [-0.4, -0.2) is 67.4 Å². The van der Waals surface area contributed by atoms with Gasteiger partial charge < -0.3 is 19.4 Å². The summed E-state index contributed by atoms with van der Waals surface area (Å²) >= 11 is 0. The van der Waals surface area contributed by atoms with E-state index < -0.39 is 0 Å². The lowest BCUT2D eigenvalue weighted by atomic mass is 10.1. The van der Waals surface area contributed by atoms with Crippen LogP contribution >= 0.6 is 0 Å². The van der Waals surface area contributed by atoms with Gasteiger partial charge in [0.05, 0.1) is 13.0 Å².